The average molecular weight is 488 g/mol. The Morgan fingerprint density at radius 3 is 2.08 bits per heavy atom. The summed E-state index contributed by atoms with van der Waals surface area (Å²) in [6, 6.07) is 42.5. The minimum atomic E-state index is -0.970. The zero-order valence-electron chi connectivity index (χ0n) is 20.5. The molecule has 1 heterocycles. The fourth-order valence-corrected chi connectivity index (χ4v) is 6.33. The van der Waals surface area contributed by atoms with E-state index in [1.54, 1.807) is 0 Å². The lowest BCUT2D eigenvalue weighted by Gasteiger charge is -2.24. The van der Waals surface area contributed by atoms with Gasteiger partial charge < -0.3 is 4.52 Å². The minimum Gasteiger partial charge on any atom is -0.342 e. The van der Waals surface area contributed by atoms with E-state index >= 15 is 0 Å². The monoisotopic (exact) mass is 487 g/mol. The SMILES string of the molecule is C/C(=C\[C@H](CCc1cccc2ccccc12)OP(c1ccccc1)c1ccccc1)c1ccccn1. The Bertz CT molecular complexity index is 1370. The normalized spacial score (nSPS) is 12.7. The summed E-state index contributed by atoms with van der Waals surface area (Å²) < 4.78 is 7.01. The second kappa shape index (κ2) is 11.9. The van der Waals surface area contributed by atoms with E-state index < -0.39 is 8.15 Å². The number of aryl methyl sites for hydroxylation is 1. The zero-order chi connectivity index (χ0) is 24.6. The van der Waals surface area contributed by atoms with E-state index in [0.29, 0.717) is 0 Å². The third kappa shape index (κ3) is 5.97. The van der Waals surface area contributed by atoms with Crippen LogP contribution in [-0.2, 0) is 10.9 Å². The molecule has 0 unspecified atom stereocenters. The third-order valence-electron chi connectivity index (χ3n) is 6.31. The molecular formula is C33H30NOP. The average Bonchev–Trinajstić information content (AvgIpc) is 2.95. The van der Waals surface area contributed by atoms with Gasteiger partial charge in [0.1, 0.15) is 0 Å². The smallest absolute Gasteiger partial charge is 0.0926 e. The second-order valence-electron chi connectivity index (χ2n) is 8.85. The van der Waals surface area contributed by atoms with E-state index in [2.05, 4.69) is 127 Å². The molecule has 5 aromatic rings. The maximum absolute atomic E-state index is 7.01. The molecule has 36 heavy (non-hydrogen) atoms. The number of benzene rings is 4. The Hall–Kier alpha value is -3.58. The van der Waals surface area contributed by atoms with Gasteiger partial charge in [0.25, 0.3) is 0 Å². The van der Waals surface area contributed by atoms with Gasteiger partial charge in [0, 0.05) is 16.8 Å². The highest BCUT2D eigenvalue weighted by atomic mass is 31.1. The van der Waals surface area contributed by atoms with Crippen LogP contribution in [0.4, 0.5) is 0 Å². The lowest BCUT2D eigenvalue weighted by atomic mass is 9.99. The fourth-order valence-electron chi connectivity index (χ4n) is 4.47. The van der Waals surface area contributed by atoms with Gasteiger partial charge in [-0.05, 0) is 53.8 Å². The summed E-state index contributed by atoms with van der Waals surface area (Å²) in [5, 5.41) is 5.04. The molecule has 0 amide bonds. The molecule has 0 aliphatic carbocycles. The van der Waals surface area contributed by atoms with Crippen LogP contribution in [0.3, 0.4) is 0 Å². The van der Waals surface area contributed by atoms with E-state index in [-0.39, 0.29) is 6.10 Å². The van der Waals surface area contributed by atoms with Crippen LogP contribution in [0.25, 0.3) is 16.3 Å². The van der Waals surface area contributed by atoms with Crippen LogP contribution in [0.5, 0.6) is 0 Å². The highest BCUT2D eigenvalue weighted by molar-refractivity contribution is 7.68. The molecule has 0 fully saturated rings. The Balaban J connectivity index is 1.48. The van der Waals surface area contributed by atoms with Crippen LogP contribution in [0, 0.1) is 0 Å². The molecule has 3 heteroatoms. The topological polar surface area (TPSA) is 22.1 Å². The van der Waals surface area contributed by atoms with Gasteiger partial charge in [-0.25, -0.2) is 0 Å². The summed E-state index contributed by atoms with van der Waals surface area (Å²) in [6.07, 6.45) is 5.87. The van der Waals surface area contributed by atoms with Crippen LogP contribution >= 0.6 is 8.15 Å². The van der Waals surface area contributed by atoms with Crippen LogP contribution in [-0.4, -0.2) is 11.1 Å². The molecule has 0 aliphatic heterocycles. The van der Waals surface area contributed by atoms with E-state index in [1.807, 2.05) is 18.3 Å². The summed E-state index contributed by atoms with van der Waals surface area (Å²) in [6.45, 7) is 2.13. The van der Waals surface area contributed by atoms with Crippen molar-refractivity contribution < 1.29 is 4.52 Å². The summed E-state index contributed by atoms with van der Waals surface area (Å²) >= 11 is 0. The number of rotatable bonds is 9. The molecule has 5 rings (SSSR count). The van der Waals surface area contributed by atoms with Gasteiger partial charge in [-0.15, -0.1) is 0 Å². The van der Waals surface area contributed by atoms with Gasteiger partial charge >= 0.3 is 0 Å². The van der Waals surface area contributed by atoms with Crippen LogP contribution in [0.15, 0.2) is 134 Å². The molecule has 1 atom stereocenters. The highest BCUT2D eigenvalue weighted by Crippen LogP contribution is 2.38. The van der Waals surface area contributed by atoms with E-state index in [1.165, 1.54) is 26.9 Å². The summed E-state index contributed by atoms with van der Waals surface area (Å²) in [5.41, 5.74) is 3.48. The predicted octanol–water partition coefficient (Wildman–Crippen LogP) is 7.70. The number of allylic oxidation sites excluding steroid dienone is 1. The van der Waals surface area contributed by atoms with Crippen molar-refractivity contribution in [3.63, 3.8) is 0 Å². The molecule has 2 nitrogen and oxygen atoms in total. The zero-order valence-corrected chi connectivity index (χ0v) is 21.4. The third-order valence-corrected chi connectivity index (χ3v) is 8.32. The lowest BCUT2D eigenvalue weighted by molar-refractivity contribution is 0.273. The number of fused-ring (bicyclic) bond motifs is 1. The molecule has 1 aromatic heterocycles. The maximum atomic E-state index is 7.01. The molecule has 0 spiro atoms. The number of hydrogen-bond acceptors (Lipinski definition) is 2. The van der Waals surface area contributed by atoms with Gasteiger partial charge in [-0.2, -0.15) is 0 Å². The number of aromatic nitrogens is 1. The molecule has 178 valence electrons. The minimum absolute atomic E-state index is 0.0579. The first-order valence-corrected chi connectivity index (χ1v) is 13.7. The van der Waals surface area contributed by atoms with Crippen molar-refractivity contribution >= 4 is 35.1 Å². The molecular weight excluding hydrogens is 457 g/mol. The first-order chi connectivity index (χ1) is 17.8. The van der Waals surface area contributed by atoms with Crippen molar-refractivity contribution in [2.45, 2.75) is 25.9 Å². The van der Waals surface area contributed by atoms with E-state index in [4.69, 9.17) is 4.52 Å². The molecule has 0 aliphatic rings. The van der Waals surface area contributed by atoms with Gasteiger partial charge in [0.15, 0.2) is 0 Å². The Kier molecular flexibility index (Phi) is 7.98. The first kappa shape index (κ1) is 24.1. The maximum Gasteiger partial charge on any atom is 0.0926 e. The second-order valence-corrected chi connectivity index (χ2v) is 10.7. The summed E-state index contributed by atoms with van der Waals surface area (Å²) in [4.78, 5) is 4.57. The Labute approximate surface area is 215 Å². The molecule has 0 N–H and O–H groups in total. The molecule has 4 aromatic carbocycles. The Morgan fingerprint density at radius 2 is 1.39 bits per heavy atom. The van der Waals surface area contributed by atoms with Gasteiger partial charge in [-0.1, -0.05) is 115 Å². The van der Waals surface area contributed by atoms with Crippen molar-refractivity contribution in [3.8, 4) is 0 Å². The predicted molar refractivity (Wildman–Crippen MR) is 154 cm³/mol. The molecule has 0 saturated carbocycles. The Morgan fingerprint density at radius 1 is 0.750 bits per heavy atom. The quantitative estimate of drug-likeness (QED) is 0.199. The van der Waals surface area contributed by atoms with Gasteiger partial charge in [0.05, 0.1) is 19.9 Å². The number of nitrogens with zero attached hydrogens (tertiary/aromatic N) is 1. The molecule has 0 bridgehead atoms. The van der Waals surface area contributed by atoms with Crippen LogP contribution in [0.1, 0.15) is 24.6 Å². The van der Waals surface area contributed by atoms with Gasteiger partial charge in [0.2, 0.25) is 0 Å². The summed E-state index contributed by atoms with van der Waals surface area (Å²) in [5.74, 6) is 0. The van der Waals surface area contributed by atoms with Gasteiger partial charge in [-0.3, -0.25) is 4.98 Å². The standard InChI is InChI=1S/C33H30NOP/c1-26(33-21-10-11-24-34-33)25-29(23-22-28-15-12-14-27-13-8-9-20-32(27)28)35-36(30-16-4-2-5-17-30)31-18-6-3-7-19-31/h2-21,24-25,29H,22-23H2,1H3/b26-25+/t29-/m0/s1. The summed E-state index contributed by atoms with van der Waals surface area (Å²) in [7, 11) is -0.970. The van der Waals surface area contributed by atoms with E-state index in [9.17, 15) is 0 Å². The van der Waals surface area contributed by atoms with Crippen molar-refractivity contribution in [2.24, 2.45) is 0 Å². The number of hydrogen-bond donors (Lipinski definition) is 0. The van der Waals surface area contributed by atoms with Crippen LogP contribution < -0.4 is 10.6 Å². The number of pyridine rings is 1. The lowest BCUT2D eigenvalue weighted by Crippen LogP contribution is -2.19. The first-order valence-electron chi connectivity index (χ1n) is 12.4. The van der Waals surface area contributed by atoms with Crippen molar-refractivity contribution in [2.75, 3.05) is 0 Å². The van der Waals surface area contributed by atoms with Crippen molar-refractivity contribution in [1.29, 1.82) is 0 Å². The largest absolute Gasteiger partial charge is 0.342 e. The molecule has 0 radical (unpaired) electrons. The van der Waals surface area contributed by atoms with Crippen LogP contribution in [0.2, 0.25) is 0 Å². The molecule has 0 saturated heterocycles. The van der Waals surface area contributed by atoms with E-state index in [0.717, 1.165) is 24.1 Å². The highest BCUT2D eigenvalue weighted by Gasteiger charge is 2.20. The van der Waals surface area contributed by atoms with Crippen molar-refractivity contribution in [1.82, 2.24) is 4.98 Å². The van der Waals surface area contributed by atoms with Crippen molar-refractivity contribution in [3.05, 3.63) is 145 Å². The fraction of sp³-hybridized carbons (Fsp3) is 0.121.